The number of benzene rings is 1. The van der Waals surface area contributed by atoms with Crippen molar-refractivity contribution >= 4 is 22.5 Å². The predicted octanol–water partition coefficient (Wildman–Crippen LogP) is 2.09. The first kappa shape index (κ1) is 7.14. The lowest BCUT2D eigenvalue weighted by Crippen LogP contribution is -1.75. The van der Waals surface area contributed by atoms with Gasteiger partial charge in [0.05, 0.1) is 28.4 Å². The number of nitrogens with one attached hydrogen (secondary N) is 1. The van der Waals surface area contributed by atoms with Crippen molar-refractivity contribution in [2.24, 2.45) is 0 Å². The molecule has 0 aliphatic heterocycles. The number of hydrogen-bond donors (Lipinski definition) is 1. The smallest absolute Gasteiger partial charge is 0.0992 e. The van der Waals surface area contributed by atoms with Gasteiger partial charge >= 0.3 is 0 Å². The number of nitrogens with zero attached hydrogens (tertiary/aromatic N) is 2. The third-order valence-corrected chi connectivity index (χ3v) is 1.95. The minimum Gasteiger partial charge on any atom is -0.278 e. The topological polar surface area (TPSA) is 52.5 Å². The highest BCUT2D eigenvalue weighted by atomic mass is 35.5. The van der Waals surface area contributed by atoms with Gasteiger partial charge in [-0.15, -0.1) is 0 Å². The molecule has 4 heteroatoms. The van der Waals surface area contributed by atoms with Gasteiger partial charge in [-0.3, -0.25) is 5.10 Å². The van der Waals surface area contributed by atoms with E-state index in [0.717, 1.165) is 10.9 Å². The van der Waals surface area contributed by atoms with Crippen LogP contribution >= 0.6 is 11.6 Å². The maximum Gasteiger partial charge on any atom is 0.0992 e. The van der Waals surface area contributed by atoms with Crippen LogP contribution in [-0.4, -0.2) is 10.2 Å². The van der Waals surface area contributed by atoms with Crippen molar-refractivity contribution in [2.75, 3.05) is 0 Å². The molecule has 2 aromatic rings. The zero-order chi connectivity index (χ0) is 8.55. The molecule has 0 bridgehead atoms. The van der Waals surface area contributed by atoms with E-state index in [4.69, 9.17) is 16.9 Å². The Balaban J connectivity index is 2.86. The van der Waals surface area contributed by atoms with E-state index in [2.05, 4.69) is 10.2 Å². The predicted molar refractivity (Wildman–Crippen MR) is 45.8 cm³/mol. The second kappa shape index (κ2) is 2.50. The van der Waals surface area contributed by atoms with Gasteiger partial charge in [-0.2, -0.15) is 10.4 Å². The monoisotopic (exact) mass is 177 g/mol. The molecule has 0 atom stereocenters. The van der Waals surface area contributed by atoms with E-state index < -0.39 is 0 Å². The van der Waals surface area contributed by atoms with Crippen molar-refractivity contribution in [3.05, 3.63) is 28.9 Å². The van der Waals surface area contributed by atoms with Crippen molar-refractivity contribution in [3.8, 4) is 6.07 Å². The summed E-state index contributed by atoms with van der Waals surface area (Å²) in [6.07, 6.45) is 1.64. The van der Waals surface area contributed by atoms with E-state index in [9.17, 15) is 0 Å². The molecule has 0 spiro atoms. The number of aromatic nitrogens is 2. The van der Waals surface area contributed by atoms with E-state index in [1.807, 2.05) is 6.07 Å². The average molecular weight is 178 g/mol. The summed E-state index contributed by atoms with van der Waals surface area (Å²) in [5, 5.41) is 16.6. The normalized spacial score (nSPS) is 10.0. The average Bonchev–Trinajstić information content (AvgIpc) is 2.52. The van der Waals surface area contributed by atoms with E-state index in [1.165, 1.54) is 0 Å². The molecule has 1 aromatic heterocycles. The number of halogens is 1. The molecular weight excluding hydrogens is 174 g/mol. The molecule has 1 aromatic carbocycles. The van der Waals surface area contributed by atoms with Crippen LogP contribution in [0.1, 0.15) is 5.56 Å². The van der Waals surface area contributed by atoms with Crippen molar-refractivity contribution in [1.82, 2.24) is 10.2 Å². The van der Waals surface area contributed by atoms with Crippen LogP contribution in [0.5, 0.6) is 0 Å². The van der Waals surface area contributed by atoms with Crippen LogP contribution < -0.4 is 0 Å². The lowest BCUT2D eigenvalue weighted by atomic mass is 10.2. The molecule has 1 heterocycles. The van der Waals surface area contributed by atoms with Crippen LogP contribution in [0.2, 0.25) is 5.02 Å². The summed E-state index contributed by atoms with van der Waals surface area (Å²) in [6, 6.07) is 5.36. The first-order valence-corrected chi connectivity index (χ1v) is 3.72. The third-order valence-electron chi connectivity index (χ3n) is 1.64. The van der Waals surface area contributed by atoms with Crippen LogP contribution in [0.4, 0.5) is 0 Å². The van der Waals surface area contributed by atoms with Crippen LogP contribution in [-0.2, 0) is 0 Å². The molecule has 2 rings (SSSR count). The summed E-state index contributed by atoms with van der Waals surface area (Å²) < 4.78 is 0. The van der Waals surface area contributed by atoms with E-state index in [-0.39, 0.29) is 0 Å². The standard InChI is InChI=1S/C8H4ClN3/c9-7-1-5(3-10)2-8-6(7)4-11-12-8/h1-2,4H,(H,11,12). The number of fused-ring (bicyclic) bond motifs is 1. The van der Waals surface area contributed by atoms with Gasteiger partial charge in [-0.05, 0) is 12.1 Å². The Kier molecular flexibility index (Phi) is 1.49. The first-order valence-electron chi connectivity index (χ1n) is 3.34. The van der Waals surface area contributed by atoms with Gasteiger partial charge in [0, 0.05) is 5.39 Å². The molecule has 58 valence electrons. The van der Waals surface area contributed by atoms with Gasteiger partial charge in [0.15, 0.2) is 0 Å². The molecule has 0 fully saturated rings. The molecular formula is C8H4ClN3. The fraction of sp³-hybridized carbons (Fsp3) is 0. The van der Waals surface area contributed by atoms with E-state index in [1.54, 1.807) is 18.3 Å². The Bertz CT molecular complexity index is 467. The summed E-state index contributed by atoms with van der Waals surface area (Å²) in [6.45, 7) is 0. The van der Waals surface area contributed by atoms with Crippen molar-refractivity contribution in [1.29, 1.82) is 5.26 Å². The molecule has 12 heavy (non-hydrogen) atoms. The molecule has 0 aliphatic rings. The van der Waals surface area contributed by atoms with Gasteiger partial charge < -0.3 is 0 Å². The Hall–Kier alpha value is -1.53. The third kappa shape index (κ3) is 0.936. The lowest BCUT2D eigenvalue weighted by Gasteiger charge is -1.92. The number of aromatic amines is 1. The summed E-state index contributed by atoms with van der Waals surface area (Å²) in [7, 11) is 0. The fourth-order valence-electron chi connectivity index (χ4n) is 1.07. The number of hydrogen-bond acceptors (Lipinski definition) is 2. The summed E-state index contributed by atoms with van der Waals surface area (Å²) >= 11 is 5.87. The molecule has 0 radical (unpaired) electrons. The van der Waals surface area contributed by atoms with Crippen LogP contribution in [0.3, 0.4) is 0 Å². The Morgan fingerprint density at radius 2 is 2.33 bits per heavy atom. The zero-order valence-electron chi connectivity index (χ0n) is 6.00. The highest BCUT2D eigenvalue weighted by Crippen LogP contribution is 2.22. The second-order valence-electron chi connectivity index (χ2n) is 2.40. The Morgan fingerprint density at radius 1 is 1.50 bits per heavy atom. The van der Waals surface area contributed by atoms with E-state index >= 15 is 0 Å². The maximum absolute atomic E-state index is 8.62. The molecule has 0 saturated carbocycles. The van der Waals surface area contributed by atoms with Crippen molar-refractivity contribution in [3.63, 3.8) is 0 Å². The van der Waals surface area contributed by atoms with Crippen LogP contribution in [0.25, 0.3) is 10.9 Å². The number of H-pyrrole nitrogens is 1. The van der Waals surface area contributed by atoms with E-state index in [0.29, 0.717) is 10.6 Å². The fourth-order valence-corrected chi connectivity index (χ4v) is 1.34. The molecule has 1 N–H and O–H groups in total. The molecule has 0 unspecified atom stereocenters. The largest absolute Gasteiger partial charge is 0.278 e. The molecule has 3 nitrogen and oxygen atoms in total. The zero-order valence-corrected chi connectivity index (χ0v) is 6.76. The summed E-state index contributed by atoms with van der Waals surface area (Å²) in [5.41, 5.74) is 1.33. The highest BCUT2D eigenvalue weighted by Gasteiger charge is 2.02. The quantitative estimate of drug-likeness (QED) is 0.670. The van der Waals surface area contributed by atoms with Gasteiger partial charge in [-0.25, -0.2) is 0 Å². The summed E-state index contributed by atoms with van der Waals surface area (Å²) in [4.78, 5) is 0. The lowest BCUT2D eigenvalue weighted by molar-refractivity contribution is 1.12. The van der Waals surface area contributed by atoms with Gasteiger partial charge in [-0.1, -0.05) is 11.6 Å². The number of rotatable bonds is 0. The van der Waals surface area contributed by atoms with Gasteiger partial charge in [0.2, 0.25) is 0 Å². The van der Waals surface area contributed by atoms with Crippen LogP contribution in [0.15, 0.2) is 18.3 Å². The Labute approximate surface area is 73.6 Å². The van der Waals surface area contributed by atoms with Gasteiger partial charge in [0.1, 0.15) is 0 Å². The highest BCUT2D eigenvalue weighted by molar-refractivity contribution is 6.35. The molecule has 0 aliphatic carbocycles. The number of nitriles is 1. The SMILES string of the molecule is N#Cc1cc(Cl)c2cn[nH]c2c1. The van der Waals surface area contributed by atoms with Crippen LogP contribution in [0, 0.1) is 11.3 Å². The second-order valence-corrected chi connectivity index (χ2v) is 2.81. The minimum absolute atomic E-state index is 0.539. The Morgan fingerprint density at radius 3 is 3.08 bits per heavy atom. The summed E-state index contributed by atoms with van der Waals surface area (Å²) in [5.74, 6) is 0. The van der Waals surface area contributed by atoms with Crippen molar-refractivity contribution in [2.45, 2.75) is 0 Å². The maximum atomic E-state index is 8.62. The molecule has 0 saturated heterocycles. The van der Waals surface area contributed by atoms with Crippen molar-refractivity contribution < 1.29 is 0 Å². The minimum atomic E-state index is 0.539. The van der Waals surface area contributed by atoms with Gasteiger partial charge in [0.25, 0.3) is 0 Å². The first-order chi connectivity index (χ1) is 5.81. The molecule has 0 amide bonds.